The fourth-order valence-electron chi connectivity index (χ4n) is 1.18. The minimum atomic E-state index is -0.0654. The quantitative estimate of drug-likeness (QED) is 0.498. The molecule has 1 amide bonds. The third-order valence-corrected chi connectivity index (χ3v) is 1.91. The molecule has 0 bridgehead atoms. The molecule has 0 aliphatic carbocycles. The molecule has 0 aromatic heterocycles. The Bertz CT molecular complexity index is 149. The monoisotopic (exact) mass is 202 g/mol. The van der Waals surface area contributed by atoms with Crippen molar-refractivity contribution >= 4 is 5.91 Å². The second kappa shape index (κ2) is 8.97. The summed E-state index contributed by atoms with van der Waals surface area (Å²) in [5.74, 6) is 0.0298. The number of amides is 1. The van der Waals surface area contributed by atoms with Crippen molar-refractivity contribution < 1.29 is 9.90 Å². The first kappa shape index (κ1) is 13.4. The normalized spacial score (nSPS) is 12.5. The number of aliphatic hydroxyl groups is 1. The third kappa shape index (κ3) is 9.48. The Morgan fingerprint density at radius 1 is 1.36 bits per heavy atom. The molecule has 0 saturated carbocycles. The molecule has 84 valence electrons. The number of hydrogen-bond donors (Lipinski definition) is 3. The predicted molar refractivity (Wildman–Crippen MR) is 56.8 cm³/mol. The lowest BCUT2D eigenvalue weighted by molar-refractivity contribution is -0.121. The zero-order chi connectivity index (χ0) is 10.8. The van der Waals surface area contributed by atoms with Crippen LogP contribution in [-0.4, -0.2) is 30.2 Å². The molecule has 0 rings (SSSR count). The smallest absolute Gasteiger partial charge is 0.221 e. The van der Waals surface area contributed by atoms with Crippen molar-refractivity contribution in [2.75, 3.05) is 13.2 Å². The molecular weight excluding hydrogens is 180 g/mol. The Morgan fingerprint density at radius 2 is 2.00 bits per heavy atom. The van der Waals surface area contributed by atoms with Crippen molar-refractivity contribution in [3.8, 4) is 0 Å². The first-order valence-corrected chi connectivity index (χ1v) is 5.30. The van der Waals surface area contributed by atoms with Gasteiger partial charge in [-0.1, -0.05) is 12.8 Å². The molecule has 4 nitrogen and oxygen atoms in total. The molecule has 0 heterocycles. The van der Waals surface area contributed by atoms with Gasteiger partial charge in [0.25, 0.3) is 0 Å². The van der Waals surface area contributed by atoms with Crippen molar-refractivity contribution in [2.45, 2.75) is 45.1 Å². The molecule has 14 heavy (non-hydrogen) atoms. The van der Waals surface area contributed by atoms with E-state index in [9.17, 15) is 4.79 Å². The number of nitrogens with two attached hydrogens (primary N) is 1. The number of hydrogen-bond acceptors (Lipinski definition) is 3. The van der Waals surface area contributed by atoms with Gasteiger partial charge >= 0.3 is 0 Å². The SMILES string of the molecule is CC(N)CC(=O)NCCCCCCO. The van der Waals surface area contributed by atoms with Gasteiger partial charge in [-0.2, -0.15) is 0 Å². The van der Waals surface area contributed by atoms with E-state index in [4.69, 9.17) is 10.8 Å². The second-order valence-corrected chi connectivity index (χ2v) is 3.67. The average Bonchev–Trinajstić information content (AvgIpc) is 2.10. The van der Waals surface area contributed by atoms with Gasteiger partial charge in [0.1, 0.15) is 0 Å². The fraction of sp³-hybridized carbons (Fsp3) is 0.900. The summed E-state index contributed by atoms with van der Waals surface area (Å²) in [7, 11) is 0. The van der Waals surface area contributed by atoms with Gasteiger partial charge in [0, 0.05) is 25.6 Å². The fourth-order valence-corrected chi connectivity index (χ4v) is 1.18. The molecule has 0 spiro atoms. The number of carbonyl (C=O) groups excluding carboxylic acids is 1. The van der Waals surface area contributed by atoms with E-state index in [1.807, 2.05) is 6.92 Å². The van der Waals surface area contributed by atoms with Gasteiger partial charge in [-0.05, 0) is 19.8 Å². The van der Waals surface area contributed by atoms with Crippen molar-refractivity contribution in [1.29, 1.82) is 0 Å². The highest BCUT2D eigenvalue weighted by molar-refractivity contribution is 5.76. The van der Waals surface area contributed by atoms with E-state index in [1.54, 1.807) is 0 Å². The summed E-state index contributed by atoms with van der Waals surface area (Å²) in [6, 6.07) is -0.0654. The number of nitrogens with one attached hydrogen (secondary N) is 1. The van der Waals surface area contributed by atoms with Gasteiger partial charge in [0.05, 0.1) is 0 Å². The number of rotatable bonds is 8. The van der Waals surface area contributed by atoms with Crippen LogP contribution in [0.5, 0.6) is 0 Å². The van der Waals surface area contributed by atoms with E-state index in [2.05, 4.69) is 5.32 Å². The van der Waals surface area contributed by atoms with Crippen LogP contribution in [0.1, 0.15) is 39.0 Å². The maximum atomic E-state index is 11.1. The van der Waals surface area contributed by atoms with Gasteiger partial charge in [-0.3, -0.25) is 4.79 Å². The van der Waals surface area contributed by atoms with Crippen LogP contribution in [0.4, 0.5) is 0 Å². The van der Waals surface area contributed by atoms with Crippen LogP contribution < -0.4 is 11.1 Å². The minimum absolute atomic E-state index is 0.0298. The maximum Gasteiger partial charge on any atom is 0.221 e. The maximum absolute atomic E-state index is 11.1. The van der Waals surface area contributed by atoms with Crippen LogP contribution in [-0.2, 0) is 4.79 Å². The summed E-state index contributed by atoms with van der Waals surface area (Å²) in [6.07, 6.45) is 4.31. The predicted octanol–water partition coefficient (Wildman–Crippen LogP) is 0.393. The zero-order valence-corrected chi connectivity index (χ0v) is 8.96. The lowest BCUT2D eigenvalue weighted by Crippen LogP contribution is -2.30. The van der Waals surface area contributed by atoms with Gasteiger partial charge in [0.2, 0.25) is 5.91 Å². The van der Waals surface area contributed by atoms with Gasteiger partial charge in [-0.15, -0.1) is 0 Å². The van der Waals surface area contributed by atoms with Gasteiger partial charge in [0.15, 0.2) is 0 Å². The van der Waals surface area contributed by atoms with Crippen LogP contribution in [0.15, 0.2) is 0 Å². The Balaban J connectivity index is 3.15. The largest absolute Gasteiger partial charge is 0.396 e. The van der Waals surface area contributed by atoms with Crippen LogP contribution >= 0.6 is 0 Å². The molecule has 1 atom stereocenters. The van der Waals surface area contributed by atoms with Crippen LogP contribution in [0.25, 0.3) is 0 Å². The number of unbranched alkanes of at least 4 members (excludes halogenated alkanes) is 3. The molecule has 0 radical (unpaired) electrons. The highest BCUT2D eigenvalue weighted by Crippen LogP contribution is 1.97. The Morgan fingerprint density at radius 3 is 2.57 bits per heavy atom. The number of aliphatic hydroxyl groups excluding tert-OH is 1. The first-order chi connectivity index (χ1) is 6.66. The molecular formula is C10H22N2O2. The summed E-state index contributed by atoms with van der Waals surface area (Å²) in [5, 5.41) is 11.3. The van der Waals surface area contributed by atoms with Crippen LogP contribution in [0, 0.1) is 0 Å². The highest BCUT2D eigenvalue weighted by atomic mass is 16.2. The third-order valence-electron chi connectivity index (χ3n) is 1.91. The topological polar surface area (TPSA) is 75.4 Å². The molecule has 0 aliphatic heterocycles. The molecule has 0 aromatic carbocycles. The standard InChI is InChI=1S/C10H22N2O2/c1-9(11)8-10(14)12-6-4-2-3-5-7-13/h9,13H,2-8,11H2,1H3,(H,12,14). The van der Waals surface area contributed by atoms with E-state index in [-0.39, 0.29) is 18.6 Å². The van der Waals surface area contributed by atoms with Gasteiger partial charge in [-0.25, -0.2) is 0 Å². The summed E-state index contributed by atoms with van der Waals surface area (Å²) in [6.45, 7) is 2.80. The molecule has 4 heteroatoms. The second-order valence-electron chi connectivity index (χ2n) is 3.67. The van der Waals surface area contributed by atoms with Crippen molar-refractivity contribution in [3.63, 3.8) is 0 Å². The van der Waals surface area contributed by atoms with Crippen molar-refractivity contribution in [1.82, 2.24) is 5.32 Å². The Kier molecular flexibility index (Phi) is 8.57. The lowest BCUT2D eigenvalue weighted by atomic mass is 10.2. The van der Waals surface area contributed by atoms with Crippen molar-refractivity contribution in [2.24, 2.45) is 5.73 Å². The van der Waals surface area contributed by atoms with E-state index in [0.29, 0.717) is 6.42 Å². The Labute approximate surface area is 85.9 Å². The summed E-state index contributed by atoms with van der Waals surface area (Å²) >= 11 is 0. The average molecular weight is 202 g/mol. The van der Waals surface area contributed by atoms with E-state index in [0.717, 1.165) is 32.2 Å². The molecule has 0 aromatic rings. The lowest BCUT2D eigenvalue weighted by Gasteiger charge is -2.06. The van der Waals surface area contributed by atoms with Crippen LogP contribution in [0.2, 0.25) is 0 Å². The molecule has 0 saturated heterocycles. The van der Waals surface area contributed by atoms with Crippen LogP contribution in [0.3, 0.4) is 0 Å². The van der Waals surface area contributed by atoms with E-state index in [1.165, 1.54) is 0 Å². The van der Waals surface area contributed by atoms with Gasteiger partial charge < -0.3 is 16.2 Å². The molecule has 0 fully saturated rings. The summed E-state index contributed by atoms with van der Waals surface area (Å²) in [5.41, 5.74) is 5.47. The number of carbonyl (C=O) groups is 1. The first-order valence-electron chi connectivity index (χ1n) is 5.30. The highest BCUT2D eigenvalue weighted by Gasteiger charge is 2.02. The molecule has 1 unspecified atom stereocenters. The van der Waals surface area contributed by atoms with E-state index >= 15 is 0 Å². The Hall–Kier alpha value is -0.610. The zero-order valence-electron chi connectivity index (χ0n) is 8.96. The van der Waals surface area contributed by atoms with Crippen molar-refractivity contribution in [3.05, 3.63) is 0 Å². The molecule has 0 aliphatic rings. The summed E-state index contributed by atoms with van der Waals surface area (Å²) in [4.78, 5) is 11.1. The van der Waals surface area contributed by atoms with E-state index < -0.39 is 0 Å². The summed E-state index contributed by atoms with van der Waals surface area (Å²) < 4.78 is 0. The minimum Gasteiger partial charge on any atom is -0.396 e. The molecule has 4 N–H and O–H groups in total.